The number of benzene rings is 1. The number of aromatic hydroxyl groups is 1. The van der Waals surface area contributed by atoms with Gasteiger partial charge < -0.3 is 15.2 Å². The molecular weight excluding hydrogens is 237 g/mol. The van der Waals surface area contributed by atoms with E-state index in [9.17, 15) is 9.18 Å². The van der Waals surface area contributed by atoms with Crippen LogP contribution in [0.15, 0.2) is 18.2 Å². The maximum Gasteiger partial charge on any atom is 0.228 e. The van der Waals surface area contributed by atoms with E-state index < -0.39 is 5.82 Å². The molecule has 0 spiro atoms. The molecule has 1 fully saturated rings. The van der Waals surface area contributed by atoms with E-state index in [-0.39, 0.29) is 29.2 Å². The zero-order valence-electron chi connectivity index (χ0n) is 10.1. The third-order valence-corrected chi connectivity index (χ3v) is 3.19. The van der Waals surface area contributed by atoms with Crippen LogP contribution in [0, 0.1) is 17.7 Å². The molecule has 1 amide bonds. The number of ether oxygens (including phenoxy) is 1. The van der Waals surface area contributed by atoms with Crippen LogP contribution in [-0.4, -0.2) is 24.2 Å². The molecule has 98 valence electrons. The molecule has 2 unspecified atom stereocenters. The van der Waals surface area contributed by atoms with Crippen molar-refractivity contribution in [2.75, 3.05) is 18.5 Å². The van der Waals surface area contributed by atoms with E-state index in [0.29, 0.717) is 19.6 Å². The van der Waals surface area contributed by atoms with E-state index in [0.717, 1.165) is 6.07 Å². The predicted octanol–water partition coefficient (Wildman–Crippen LogP) is 2.14. The van der Waals surface area contributed by atoms with Crippen molar-refractivity contribution in [1.82, 2.24) is 0 Å². The van der Waals surface area contributed by atoms with Crippen LogP contribution in [-0.2, 0) is 9.53 Å². The molecule has 1 saturated heterocycles. The Morgan fingerprint density at radius 2 is 2.33 bits per heavy atom. The summed E-state index contributed by atoms with van der Waals surface area (Å²) in [6.07, 6.45) is 0.646. The Labute approximate surface area is 105 Å². The van der Waals surface area contributed by atoms with Crippen molar-refractivity contribution in [2.45, 2.75) is 13.3 Å². The number of nitrogens with one attached hydrogen (secondary N) is 1. The Bertz CT molecular complexity index is 450. The summed E-state index contributed by atoms with van der Waals surface area (Å²) in [6, 6.07) is 3.67. The molecule has 1 aromatic carbocycles. The Morgan fingerprint density at radius 1 is 1.56 bits per heavy atom. The van der Waals surface area contributed by atoms with Crippen molar-refractivity contribution in [2.24, 2.45) is 11.8 Å². The van der Waals surface area contributed by atoms with Gasteiger partial charge in [0.1, 0.15) is 11.6 Å². The van der Waals surface area contributed by atoms with Crippen molar-refractivity contribution in [3.8, 4) is 5.75 Å². The van der Waals surface area contributed by atoms with Crippen LogP contribution in [0.3, 0.4) is 0 Å². The van der Waals surface area contributed by atoms with Gasteiger partial charge in [-0.1, -0.05) is 6.92 Å². The molecule has 18 heavy (non-hydrogen) atoms. The van der Waals surface area contributed by atoms with E-state index in [1.807, 2.05) is 6.92 Å². The Morgan fingerprint density at radius 3 is 3.00 bits per heavy atom. The van der Waals surface area contributed by atoms with Gasteiger partial charge in [0.25, 0.3) is 0 Å². The maximum absolute atomic E-state index is 13.5. The Hall–Kier alpha value is -1.62. The van der Waals surface area contributed by atoms with Crippen LogP contribution in [0.4, 0.5) is 10.1 Å². The molecule has 1 heterocycles. The van der Waals surface area contributed by atoms with Crippen molar-refractivity contribution in [1.29, 1.82) is 0 Å². The quantitative estimate of drug-likeness (QED) is 0.794. The lowest BCUT2D eigenvalue weighted by atomic mass is 9.89. The number of hydrogen-bond donors (Lipinski definition) is 2. The summed E-state index contributed by atoms with van der Waals surface area (Å²) in [5.41, 5.74) is 0.0940. The van der Waals surface area contributed by atoms with Crippen LogP contribution in [0.5, 0.6) is 5.75 Å². The van der Waals surface area contributed by atoms with Crippen molar-refractivity contribution in [3.63, 3.8) is 0 Å². The summed E-state index contributed by atoms with van der Waals surface area (Å²) >= 11 is 0. The summed E-state index contributed by atoms with van der Waals surface area (Å²) in [5.74, 6) is -1.03. The van der Waals surface area contributed by atoms with Gasteiger partial charge in [0.05, 0.1) is 5.69 Å². The smallest absolute Gasteiger partial charge is 0.228 e. The second kappa shape index (κ2) is 5.35. The van der Waals surface area contributed by atoms with Gasteiger partial charge in [0, 0.05) is 25.2 Å². The van der Waals surface area contributed by atoms with E-state index in [1.165, 1.54) is 12.1 Å². The summed E-state index contributed by atoms with van der Waals surface area (Å²) in [6.45, 7) is 3.05. The fraction of sp³-hybridized carbons (Fsp3) is 0.462. The Kier molecular flexibility index (Phi) is 3.81. The normalized spacial score (nSPS) is 23.7. The molecule has 5 heteroatoms. The molecular formula is C13H16FNO3. The molecule has 2 atom stereocenters. The molecule has 1 aliphatic heterocycles. The van der Waals surface area contributed by atoms with Gasteiger partial charge >= 0.3 is 0 Å². The first-order valence-electron chi connectivity index (χ1n) is 5.95. The lowest BCUT2D eigenvalue weighted by Gasteiger charge is -2.27. The van der Waals surface area contributed by atoms with Crippen LogP contribution in [0.2, 0.25) is 0 Å². The average molecular weight is 253 g/mol. The summed E-state index contributed by atoms with van der Waals surface area (Å²) < 4.78 is 18.7. The van der Waals surface area contributed by atoms with Gasteiger partial charge in [0.15, 0.2) is 0 Å². The van der Waals surface area contributed by atoms with Crippen molar-refractivity contribution >= 4 is 11.6 Å². The standard InChI is InChI=1S/C13H16FNO3/c1-8-7-18-5-4-10(8)13(17)15-12-3-2-9(16)6-11(12)14/h2-3,6,8,10,16H,4-5,7H2,1H3,(H,15,17). The van der Waals surface area contributed by atoms with Gasteiger partial charge in [-0.05, 0) is 24.5 Å². The first-order valence-corrected chi connectivity index (χ1v) is 5.95. The van der Waals surface area contributed by atoms with Gasteiger partial charge in [-0.25, -0.2) is 4.39 Å². The number of phenols is 1. The molecule has 2 rings (SSSR count). The number of anilines is 1. The molecule has 1 aliphatic rings. The molecule has 4 nitrogen and oxygen atoms in total. The number of carbonyl (C=O) groups is 1. The minimum atomic E-state index is -0.636. The molecule has 0 radical (unpaired) electrons. The zero-order chi connectivity index (χ0) is 13.1. The summed E-state index contributed by atoms with van der Waals surface area (Å²) in [5, 5.41) is 11.7. The van der Waals surface area contributed by atoms with Crippen molar-refractivity contribution < 1.29 is 19.0 Å². The largest absolute Gasteiger partial charge is 0.508 e. The highest BCUT2D eigenvalue weighted by molar-refractivity contribution is 5.93. The topological polar surface area (TPSA) is 58.6 Å². The monoisotopic (exact) mass is 253 g/mol. The van der Waals surface area contributed by atoms with Gasteiger partial charge in [-0.3, -0.25) is 4.79 Å². The number of carbonyl (C=O) groups excluding carboxylic acids is 1. The molecule has 0 saturated carbocycles. The Balaban J connectivity index is 2.06. The van der Waals surface area contributed by atoms with Gasteiger partial charge in [-0.2, -0.15) is 0 Å². The minimum Gasteiger partial charge on any atom is -0.508 e. The molecule has 0 aromatic heterocycles. The lowest BCUT2D eigenvalue weighted by molar-refractivity contribution is -0.125. The number of rotatable bonds is 2. The summed E-state index contributed by atoms with van der Waals surface area (Å²) in [4.78, 5) is 12.0. The first-order chi connectivity index (χ1) is 8.58. The predicted molar refractivity (Wildman–Crippen MR) is 64.8 cm³/mol. The molecule has 2 N–H and O–H groups in total. The van der Waals surface area contributed by atoms with Crippen LogP contribution in [0.25, 0.3) is 0 Å². The first kappa shape index (κ1) is 12.8. The fourth-order valence-corrected chi connectivity index (χ4v) is 2.10. The van der Waals surface area contributed by atoms with E-state index >= 15 is 0 Å². The van der Waals surface area contributed by atoms with Crippen LogP contribution in [0.1, 0.15) is 13.3 Å². The van der Waals surface area contributed by atoms with E-state index in [4.69, 9.17) is 9.84 Å². The van der Waals surface area contributed by atoms with Gasteiger partial charge in [-0.15, -0.1) is 0 Å². The van der Waals surface area contributed by atoms with E-state index in [1.54, 1.807) is 0 Å². The SMILES string of the molecule is CC1COCCC1C(=O)Nc1ccc(O)cc1F. The highest BCUT2D eigenvalue weighted by Gasteiger charge is 2.28. The van der Waals surface area contributed by atoms with Crippen LogP contribution >= 0.6 is 0 Å². The second-order valence-electron chi connectivity index (χ2n) is 4.60. The zero-order valence-corrected chi connectivity index (χ0v) is 10.1. The number of halogens is 1. The van der Waals surface area contributed by atoms with Crippen molar-refractivity contribution in [3.05, 3.63) is 24.0 Å². The highest BCUT2D eigenvalue weighted by atomic mass is 19.1. The number of hydrogen-bond acceptors (Lipinski definition) is 3. The summed E-state index contributed by atoms with van der Waals surface area (Å²) in [7, 11) is 0. The minimum absolute atomic E-state index is 0.0940. The number of amides is 1. The second-order valence-corrected chi connectivity index (χ2v) is 4.60. The number of phenolic OH excluding ortho intramolecular Hbond substituents is 1. The molecule has 1 aromatic rings. The van der Waals surface area contributed by atoms with E-state index in [2.05, 4.69) is 5.32 Å². The fourth-order valence-electron chi connectivity index (χ4n) is 2.10. The van der Waals surface area contributed by atoms with Gasteiger partial charge in [0.2, 0.25) is 5.91 Å². The third-order valence-electron chi connectivity index (χ3n) is 3.19. The molecule has 0 bridgehead atoms. The molecule has 0 aliphatic carbocycles. The highest BCUT2D eigenvalue weighted by Crippen LogP contribution is 2.25. The third kappa shape index (κ3) is 2.79. The van der Waals surface area contributed by atoms with Crippen LogP contribution < -0.4 is 5.32 Å². The maximum atomic E-state index is 13.5. The average Bonchev–Trinajstić information content (AvgIpc) is 2.33. The lowest BCUT2D eigenvalue weighted by Crippen LogP contribution is -2.35.